The van der Waals surface area contributed by atoms with E-state index < -0.39 is 0 Å². The Morgan fingerprint density at radius 3 is 2.76 bits per heavy atom. The van der Waals surface area contributed by atoms with Crippen LogP contribution in [-0.2, 0) is 11.2 Å². The molecule has 2 heterocycles. The molecule has 0 amide bonds. The van der Waals surface area contributed by atoms with Crippen LogP contribution in [0.2, 0.25) is 0 Å². The molecule has 0 saturated heterocycles. The van der Waals surface area contributed by atoms with Crippen molar-refractivity contribution in [2.45, 2.75) is 6.42 Å². The standard InChI is InChI=1S/C18H21N5O2/c1-19-17-16(13-5-4-6-14(11-13)25-3)15(7-10-24-2)21-18(22-17)23-9-8-20-12-23/h4-6,8-9,11-12H,7,10H2,1-3H3,(H,19,21,22). The zero-order valence-corrected chi connectivity index (χ0v) is 14.6. The minimum absolute atomic E-state index is 0.569. The molecule has 7 heteroatoms. The number of rotatable bonds is 7. The summed E-state index contributed by atoms with van der Waals surface area (Å²) in [4.78, 5) is 13.5. The third-order valence-corrected chi connectivity index (χ3v) is 3.85. The molecule has 0 saturated carbocycles. The van der Waals surface area contributed by atoms with Gasteiger partial charge in [-0.1, -0.05) is 12.1 Å². The van der Waals surface area contributed by atoms with Crippen molar-refractivity contribution in [1.29, 1.82) is 0 Å². The summed E-state index contributed by atoms with van der Waals surface area (Å²) in [5.41, 5.74) is 2.84. The van der Waals surface area contributed by atoms with Gasteiger partial charge in [0.15, 0.2) is 0 Å². The van der Waals surface area contributed by atoms with Gasteiger partial charge in [0, 0.05) is 38.5 Å². The lowest BCUT2D eigenvalue weighted by atomic mass is 10.0. The molecule has 0 bridgehead atoms. The maximum Gasteiger partial charge on any atom is 0.237 e. The zero-order chi connectivity index (χ0) is 17.6. The smallest absolute Gasteiger partial charge is 0.237 e. The summed E-state index contributed by atoms with van der Waals surface area (Å²) in [7, 11) is 5.19. The van der Waals surface area contributed by atoms with Gasteiger partial charge in [-0.2, -0.15) is 4.98 Å². The third kappa shape index (κ3) is 3.61. The van der Waals surface area contributed by atoms with Crippen molar-refractivity contribution in [3.63, 3.8) is 0 Å². The topological polar surface area (TPSA) is 74.1 Å². The van der Waals surface area contributed by atoms with E-state index in [0.717, 1.165) is 28.4 Å². The van der Waals surface area contributed by atoms with E-state index in [1.165, 1.54) is 0 Å². The second kappa shape index (κ2) is 7.76. The number of anilines is 1. The summed E-state index contributed by atoms with van der Waals surface area (Å²) >= 11 is 0. The molecular formula is C18H21N5O2. The van der Waals surface area contributed by atoms with Crippen LogP contribution in [0.5, 0.6) is 5.75 Å². The van der Waals surface area contributed by atoms with Gasteiger partial charge in [-0.3, -0.25) is 4.57 Å². The van der Waals surface area contributed by atoms with Crippen molar-refractivity contribution in [3.8, 4) is 22.8 Å². The van der Waals surface area contributed by atoms with Crippen LogP contribution in [0, 0.1) is 0 Å². The minimum Gasteiger partial charge on any atom is -0.497 e. The van der Waals surface area contributed by atoms with Gasteiger partial charge < -0.3 is 14.8 Å². The van der Waals surface area contributed by atoms with E-state index in [2.05, 4.69) is 15.3 Å². The van der Waals surface area contributed by atoms with Gasteiger partial charge in [0.1, 0.15) is 17.9 Å². The molecule has 3 rings (SSSR count). The highest BCUT2D eigenvalue weighted by Gasteiger charge is 2.17. The van der Waals surface area contributed by atoms with E-state index in [9.17, 15) is 0 Å². The summed E-state index contributed by atoms with van der Waals surface area (Å²) in [6, 6.07) is 7.87. The van der Waals surface area contributed by atoms with Gasteiger partial charge in [-0.25, -0.2) is 9.97 Å². The molecule has 0 aliphatic heterocycles. The molecule has 7 nitrogen and oxygen atoms in total. The van der Waals surface area contributed by atoms with Crippen molar-refractivity contribution in [1.82, 2.24) is 19.5 Å². The number of aromatic nitrogens is 4. The Morgan fingerprint density at radius 2 is 2.08 bits per heavy atom. The fourth-order valence-corrected chi connectivity index (χ4v) is 2.63. The SMILES string of the molecule is CNc1nc(-n2ccnc2)nc(CCOC)c1-c1cccc(OC)c1. The Kier molecular flexibility index (Phi) is 5.25. The predicted molar refractivity (Wildman–Crippen MR) is 96.3 cm³/mol. The Morgan fingerprint density at radius 1 is 1.20 bits per heavy atom. The van der Waals surface area contributed by atoms with Crippen LogP contribution in [-0.4, -0.2) is 47.4 Å². The summed E-state index contributed by atoms with van der Waals surface area (Å²) in [6.45, 7) is 0.570. The predicted octanol–water partition coefficient (Wildman–Crippen LogP) is 2.57. The van der Waals surface area contributed by atoms with Crippen LogP contribution in [0.15, 0.2) is 43.0 Å². The molecule has 0 atom stereocenters. The van der Waals surface area contributed by atoms with E-state index in [0.29, 0.717) is 19.0 Å². The van der Waals surface area contributed by atoms with Crippen LogP contribution in [0.3, 0.4) is 0 Å². The molecule has 1 N–H and O–H groups in total. The van der Waals surface area contributed by atoms with Crippen molar-refractivity contribution in [2.75, 3.05) is 33.2 Å². The molecule has 130 valence electrons. The first-order valence-electron chi connectivity index (χ1n) is 7.97. The van der Waals surface area contributed by atoms with E-state index in [-0.39, 0.29) is 0 Å². The van der Waals surface area contributed by atoms with Gasteiger partial charge >= 0.3 is 0 Å². The normalized spacial score (nSPS) is 10.7. The van der Waals surface area contributed by atoms with Crippen molar-refractivity contribution in [3.05, 3.63) is 48.7 Å². The number of imidazole rings is 1. The average Bonchev–Trinajstić information content (AvgIpc) is 3.20. The summed E-state index contributed by atoms with van der Waals surface area (Å²) in [5, 5.41) is 3.18. The van der Waals surface area contributed by atoms with Gasteiger partial charge in [-0.05, 0) is 17.7 Å². The Labute approximate surface area is 146 Å². The van der Waals surface area contributed by atoms with Gasteiger partial charge in [-0.15, -0.1) is 0 Å². The van der Waals surface area contributed by atoms with Crippen LogP contribution in [0.25, 0.3) is 17.1 Å². The van der Waals surface area contributed by atoms with Crippen LogP contribution >= 0.6 is 0 Å². The van der Waals surface area contributed by atoms with Gasteiger partial charge in [0.2, 0.25) is 5.95 Å². The monoisotopic (exact) mass is 339 g/mol. The van der Waals surface area contributed by atoms with E-state index in [1.54, 1.807) is 31.3 Å². The van der Waals surface area contributed by atoms with E-state index in [4.69, 9.17) is 14.5 Å². The molecule has 0 spiro atoms. The molecule has 0 unspecified atom stereocenters. The first kappa shape index (κ1) is 16.9. The number of hydrogen-bond acceptors (Lipinski definition) is 6. The lowest BCUT2D eigenvalue weighted by Gasteiger charge is -2.16. The largest absolute Gasteiger partial charge is 0.497 e. The maximum atomic E-state index is 5.36. The Bertz CT molecular complexity index is 833. The van der Waals surface area contributed by atoms with Crippen molar-refractivity contribution < 1.29 is 9.47 Å². The number of benzene rings is 1. The summed E-state index contributed by atoms with van der Waals surface area (Å²) in [5.74, 6) is 2.11. The van der Waals surface area contributed by atoms with E-state index in [1.807, 2.05) is 37.5 Å². The molecule has 3 aromatic rings. The number of methoxy groups -OCH3 is 2. The van der Waals surface area contributed by atoms with Crippen LogP contribution in [0.4, 0.5) is 5.82 Å². The molecule has 0 radical (unpaired) electrons. The quantitative estimate of drug-likeness (QED) is 0.713. The molecule has 0 fully saturated rings. The summed E-state index contributed by atoms with van der Waals surface area (Å²) in [6.07, 6.45) is 5.87. The molecule has 0 aliphatic carbocycles. The second-order valence-electron chi connectivity index (χ2n) is 5.39. The fraction of sp³-hybridized carbons (Fsp3) is 0.278. The minimum atomic E-state index is 0.569. The molecule has 2 aromatic heterocycles. The lowest BCUT2D eigenvalue weighted by molar-refractivity contribution is 0.201. The number of hydrogen-bond donors (Lipinski definition) is 1. The third-order valence-electron chi connectivity index (χ3n) is 3.85. The second-order valence-corrected chi connectivity index (χ2v) is 5.39. The highest BCUT2D eigenvalue weighted by Crippen LogP contribution is 2.32. The van der Waals surface area contributed by atoms with Crippen LogP contribution in [0.1, 0.15) is 5.69 Å². The maximum absolute atomic E-state index is 5.36. The molecule has 0 aliphatic rings. The van der Waals surface area contributed by atoms with Gasteiger partial charge in [0.05, 0.1) is 19.4 Å². The highest BCUT2D eigenvalue weighted by molar-refractivity contribution is 5.78. The number of nitrogens with zero attached hydrogens (tertiary/aromatic N) is 4. The van der Waals surface area contributed by atoms with Crippen molar-refractivity contribution in [2.24, 2.45) is 0 Å². The Balaban J connectivity index is 2.17. The Hall–Kier alpha value is -2.93. The first-order chi connectivity index (χ1) is 12.3. The summed E-state index contributed by atoms with van der Waals surface area (Å²) < 4.78 is 12.4. The zero-order valence-electron chi connectivity index (χ0n) is 14.6. The van der Waals surface area contributed by atoms with Crippen molar-refractivity contribution >= 4 is 5.82 Å². The molecular weight excluding hydrogens is 318 g/mol. The lowest BCUT2D eigenvalue weighted by Crippen LogP contribution is -2.10. The number of nitrogens with one attached hydrogen (secondary N) is 1. The molecule has 25 heavy (non-hydrogen) atoms. The highest BCUT2D eigenvalue weighted by atomic mass is 16.5. The van der Waals surface area contributed by atoms with Crippen LogP contribution < -0.4 is 10.1 Å². The van der Waals surface area contributed by atoms with Gasteiger partial charge in [0.25, 0.3) is 0 Å². The van der Waals surface area contributed by atoms with E-state index >= 15 is 0 Å². The fourth-order valence-electron chi connectivity index (χ4n) is 2.63. The number of ether oxygens (including phenoxy) is 2. The first-order valence-corrected chi connectivity index (χ1v) is 7.97. The average molecular weight is 339 g/mol. The molecule has 1 aromatic carbocycles.